The summed E-state index contributed by atoms with van der Waals surface area (Å²) in [5.74, 6) is 0.874. The summed E-state index contributed by atoms with van der Waals surface area (Å²) in [7, 11) is 0. The van der Waals surface area contributed by atoms with Gasteiger partial charge in [0.15, 0.2) is 5.96 Å². The Morgan fingerprint density at radius 3 is 2.56 bits per heavy atom. The molecule has 0 spiro atoms. The molecule has 0 aliphatic rings. The van der Waals surface area contributed by atoms with E-state index in [0.717, 1.165) is 51.3 Å². The van der Waals surface area contributed by atoms with Gasteiger partial charge in [0.2, 0.25) is 0 Å². The third kappa shape index (κ3) is 6.40. The van der Waals surface area contributed by atoms with Gasteiger partial charge in [0.05, 0.1) is 15.7 Å². The molecule has 2 aromatic heterocycles. The standard InChI is InChI=1S/C18H29N5S2/c1-5-14-12-22-16(25-14)8-10-20-18(19-7-3)21-11-9-17-23-15(6-2)13(4)24-17/h12H,5-11H2,1-4H3,(H2,19,20,21). The molecule has 0 unspecified atom stereocenters. The van der Waals surface area contributed by atoms with Crippen LogP contribution in [0.1, 0.15) is 46.2 Å². The monoisotopic (exact) mass is 379 g/mol. The summed E-state index contributed by atoms with van der Waals surface area (Å²) < 4.78 is 0. The summed E-state index contributed by atoms with van der Waals surface area (Å²) in [6, 6.07) is 0. The minimum absolute atomic E-state index is 0.753. The van der Waals surface area contributed by atoms with Gasteiger partial charge in [-0.15, -0.1) is 22.7 Å². The zero-order valence-corrected chi connectivity index (χ0v) is 17.3. The second kappa shape index (κ2) is 10.5. The Morgan fingerprint density at radius 2 is 1.92 bits per heavy atom. The predicted molar refractivity (Wildman–Crippen MR) is 109 cm³/mol. The fraction of sp³-hybridized carbons (Fsp3) is 0.611. The van der Waals surface area contributed by atoms with Gasteiger partial charge in [0.1, 0.15) is 0 Å². The number of hydrogen-bond donors (Lipinski definition) is 2. The van der Waals surface area contributed by atoms with Gasteiger partial charge in [-0.05, 0) is 26.7 Å². The third-order valence-electron chi connectivity index (χ3n) is 3.79. The van der Waals surface area contributed by atoms with Crippen LogP contribution in [0.25, 0.3) is 0 Å². The molecule has 0 radical (unpaired) electrons. The fourth-order valence-corrected chi connectivity index (χ4v) is 4.31. The van der Waals surface area contributed by atoms with Gasteiger partial charge in [0.25, 0.3) is 0 Å². The number of thiazole rings is 2. The highest BCUT2D eigenvalue weighted by molar-refractivity contribution is 7.11. The van der Waals surface area contributed by atoms with E-state index in [1.54, 1.807) is 22.7 Å². The molecule has 2 aromatic rings. The lowest BCUT2D eigenvalue weighted by Gasteiger charge is -2.10. The molecule has 0 aliphatic carbocycles. The van der Waals surface area contributed by atoms with Gasteiger partial charge >= 0.3 is 0 Å². The van der Waals surface area contributed by atoms with Crippen LogP contribution >= 0.6 is 22.7 Å². The summed E-state index contributed by atoms with van der Waals surface area (Å²) in [4.78, 5) is 16.5. The summed E-state index contributed by atoms with van der Waals surface area (Å²) in [6.45, 7) is 11.0. The number of guanidine groups is 1. The van der Waals surface area contributed by atoms with Gasteiger partial charge in [0, 0.05) is 48.4 Å². The molecule has 0 aromatic carbocycles. The lowest BCUT2D eigenvalue weighted by atomic mass is 10.3. The van der Waals surface area contributed by atoms with E-state index >= 15 is 0 Å². The molecule has 0 atom stereocenters. The molecule has 2 N–H and O–H groups in total. The van der Waals surface area contributed by atoms with Crippen molar-refractivity contribution in [3.63, 3.8) is 0 Å². The normalized spacial score (nSPS) is 11.8. The van der Waals surface area contributed by atoms with Crippen LogP contribution in [-0.2, 0) is 25.7 Å². The molecule has 0 saturated carbocycles. The van der Waals surface area contributed by atoms with E-state index < -0.39 is 0 Å². The van der Waals surface area contributed by atoms with E-state index in [2.05, 4.69) is 53.3 Å². The van der Waals surface area contributed by atoms with Crippen LogP contribution < -0.4 is 10.6 Å². The van der Waals surface area contributed by atoms with E-state index in [1.807, 2.05) is 6.20 Å². The molecule has 2 heterocycles. The van der Waals surface area contributed by atoms with Gasteiger partial charge < -0.3 is 10.6 Å². The molecule has 5 nitrogen and oxygen atoms in total. The average Bonchev–Trinajstić information content (AvgIpc) is 3.21. The zero-order chi connectivity index (χ0) is 18.1. The number of aryl methyl sites for hydroxylation is 3. The summed E-state index contributed by atoms with van der Waals surface area (Å²) in [6.07, 6.45) is 5.88. The Hall–Kier alpha value is -1.47. The lowest BCUT2D eigenvalue weighted by Crippen LogP contribution is -2.38. The van der Waals surface area contributed by atoms with Crippen LogP contribution in [0.2, 0.25) is 0 Å². The second-order valence-corrected chi connectivity index (χ2v) is 8.21. The van der Waals surface area contributed by atoms with E-state index in [4.69, 9.17) is 0 Å². The topological polar surface area (TPSA) is 62.2 Å². The Kier molecular flexibility index (Phi) is 8.34. The molecule has 7 heteroatoms. The number of aromatic nitrogens is 2. The number of nitrogens with one attached hydrogen (secondary N) is 2. The summed E-state index contributed by atoms with van der Waals surface area (Å²) in [5.41, 5.74) is 1.23. The largest absolute Gasteiger partial charge is 0.357 e. The molecule has 2 rings (SSSR count). The molecule has 0 aliphatic heterocycles. The highest BCUT2D eigenvalue weighted by atomic mass is 32.1. The van der Waals surface area contributed by atoms with Gasteiger partial charge in [-0.25, -0.2) is 9.97 Å². The highest BCUT2D eigenvalue weighted by Crippen LogP contribution is 2.18. The quantitative estimate of drug-likeness (QED) is 0.518. The molecular formula is C18H29N5S2. The van der Waals surface area contributed by atoms with Crippen molar-refractivity contribution in [2.75, 3.05) is 19.6 Å². The van der Waals surface area contributed by atoms with E-state index in [-0.39, 0.29) is 0 Å². The molecular weight excluding hydrogens is 350 g/mol. The number of rotatable bonds is 9. The highest BCUT2D eigenvalue weighted by Gasteiger charge is 2.06. The van der Waals surface area contributed by atoms with E-state index in [1.165, 1.54) is 25.5 Å². The van der Waals surface area contributed by atoms with Crippen molar-refractivity contribution in [2.24, 2.45) is 4.99 Å². The second-order valence-electron chi connectivity index (χ2n) is 5.73. The van der Waals surface area contributed by atoms with Crippen molar-refractivity contribution >= 4 is 28.6 Å². The Labute approximate surface area is 159 Å². The number of nitrogens with zero attached hydrogens (tertiary/aromatic N) is 3. The number of aliphatic imine (C=N–C) groups is 1. The van der Waals surface area contributed by atoms with Crippen LogP contribution in [0, 0.1) is 6.92 Å². The first-order valence-electron chi connectivity index (χ1n) is 9.07. The molecule has 25 heavy (non-hydrogen) atoms. The lowest BCUT2D eigenvalue weighted by molar-refractivity contribution is 0.793. The Morgan fingerprint density at radius 1 is 1.08 bits per heavy atom. The molecule has 138 valence electrons. The van der Waals surface area contributed by atoms with Crippen molar-refractivity contribution in [3.8, 4) is 0 Å². The molecule has 0 saturated heterocycles. The van der Waals surface area contributed by atoms with Gasteiger partial charge in [-0.2, -0.15) is 0 Å². The maximum Gasteiger partial charge on any atom is 0.191 e. The molecule has 0 bridgehead atoms. The maximum atomic E-state index is 4.68. The Balaban J connectivity index is 1.80. The minimum atomic E-state index is 0.753. The first kappa shape index (κ1) is 19.8. The molecule has 0 amide bonds. The summed E-state index contributed by atoms with van der Waals surface area (Å²) in [5, 5.41) is 9.07. The first-order valence-corrected chi connectivity index (χ1v) is 10.7. The average molecular weight is 380 g/mol. The van der Waals surface area contributed by atoms with Crippen molar-refractivity contribution in [1.29, 1.82) is 0 Å². The maximum absolute atomic E-state index is 4.68. The van der Waals surface area contributed by atoms with Crippen molar-refractivity contribution in [2.45, 2.75) is 53.4 Å². The van der Waals surface area contributed by atoms with Crippen LogP contribution in [0.3, 0.4) is 0 Å². The SMILES string of the molecule is CCNC(=NCCc1nc(CC)c(C)s1)NCCc1ncc(CC)s1. The van der Waals surface area contributed by atoms with Crippen molar-refractivity contribution in [3.05, 3.63) is 31.7 Å². The van der Waals surface area contributed by atoms with E-state index in [9.17, 15) is 0 Å². The van der Waals surface area contributed by atoms with Crippen LogP contribution in [-0.4, -0.2) is 35.6 Å². The zero-order valence-electron chi connectivity index (χ0n) is 15.7. The minimum Gasteiger partial charge on any atom is -0.357 e. The van der Waals surface area contributed by atoms with Gasteiger partial charge in [-0.3, -0.25) is 4.99 Å². The van der Waals surface area contributed by atoms with Crippen LogP contribution in [0.15, 0.2) is 11.2 Å². The number of hydrogen-bond acceptors (Lipinski definition) is 5. The smallest absolute Gasteiger partial charge is 0.191 e. The van der Waals surface area contributed by atoms with Gasteiger partial charge in [-0.1, -0.05) is 13.8 Å². The molecule has 0 fully saturated rings. The predicted octanol–water partition coefficient (Wildman–Crippen LogP) is 3.37. The van der Waals surface area contributed by atoms with Crippen LogP contribution in [0.5, 0.6) is 0 Å². The first-order chi connectivity index (χ1) is 12.2. The Bertz CT molecular complexity index is 675. The van der Waals surface area contributed by atoms with E-state index in [0.29, 0.717) is 0 Å². The fourth-order valence-electron chi connectivity index (χ4n) is 2.44. The third-order valence-corrected chi connectivity index (χ3v) is 6.07. The van der Waals surface area contributed by atoms with Crippen molar-refractivity contribution in [1.82, 2.24) is 20.6 Å². The van der Waals surface area contributed by atoms with Crippen molar-refractivity contribution < 1.29 is 0 Å². The van der Waals surface area contributed by atoms with Crippen LogP contribution in [0.4, 0.5) is 0 Å². The summed E-state index contributed by atoms with van der Waals surface area (Å²) >= 11 is 3.60.